The van der Waals surface area contributed by atoms with Gasteiger partial charge in [0.1, 0.15) is 5.82 Å². The van der Waals surface area contributed by atoms with Crippen LogP contribution in [0.2, 0.25) is 0 Å². The van der Waals surface area contributed by atoms with Crippen molar-refractivity contribution in [3.8, 4) is 0 Å². The molecule has 3 nitrogen and oxygen atoms in total. The maximum absolute atomic E-state index is 5.85. The number of imidazole rings is 1. The highest BCUT2D eigenvalue weighted by Gasteiger charge is 2.18. The van der Waals surface area contributed by atoms with Gasteiger partial charge < -0.3 is 10.3 Å². The van der Waals surface area contributed by atoms with Crippen LogP contribution in [-0.2, 0) is 13.0 Å². The lowest BCUT2D eigenvalue weighted by molar-refractivity contribution is 0.729. The van der Waals surface area contributed by atoms with Crippen LogP contribution in [0.5, 0.6) is 0 Å². The van der Waals surface area contributed by atoms with Crippen molar-refractivity contribution >= 4 is 17.6 Å². The van der Waals surface area contributed by atoms with E-state index in [2.05, 4.69) is 16.5 Å². The van der Waals surface area contributed by atoms with E-state index in [-0.39, 0.29) is 0 Å². The van der Waals surface area contributed by atoms with Gasteiger partial charge in [-0.25, -0.2) is 4.98 Å². The summed E-state index contributed by atoms with van der Waals surface area (Å²) in [6.07, 6.45) is 0.937. The van der Waals surface area contributed by atoms with E-state index >= 15 is 0 Å². The molecular formula is C7H11N3S. The summed E-state index contributed by atoms with van der Waals surface area (Å²) in [5.74, 6) is 1.99. The van der Waals surface area contributed by atoms with E-state index in [9.17, 15) is 0 Å². The Morgan fingerprint density at radius 3 is 3.18 bits per heavy atom. The van der Waals surface area contributed by atoms with Crippen molar-refractivity contribution in [2.75, 3.05) is 11.5 Å². The first-order valence-electron chi connectivity index (χ1n) is 3.80. The monoisotopic (exact) mass is 169 g/mol. The van der Waals surface area contributed by atoms with E-state index < -0.39 is 0 Å². The molecule has 2 rings (SSSR count). The molecule has 11 heavy (non-hydrogen) atoms. The zero-order valence-corrected chi connectivity index (χ0v) is 7.32. The lowest BCUT2D eigenvalue weighted by Gasteiger charge is -1.97. The summed E-state index contributed by atoms with van der Waals surface area (Å²) < 4.78 is 2.10. The second-order valence-electron chi connectivity index (χ2n) is 2.58. The molecule has 1 aromatic rings. The van der Waals surface area contributed by atoms with E-state index in [1.165, 1.54) is 0 Å². The minimum Gasteiger partial charge on any atom is -0.384 e. The smallest absolute Gasteiger partial charge is 0.169 e. The first kappa shape index (κ1) is 7.03. The van der Waals surface area contributed by atoms with E-state index in [0.29, 0.717) is 0 Å². The second-order valence-corrected chi connectivity index (χ2v) is 3.64. The number of aryl methyl sites for hydroxylation is 1. The van der Waals surface area contributed by atoms with Crippen molar-refractivity contribution in [3.63, 3.8) is 0 Å². The van der Waals surface area contributed by atoms with Crippen molar-refractivity contribution in [2.24, 2.45) is 0 Å². The average Bonchev–Trinajstić information content (AvgIpc) is 2.53. The van der Waals surface area contributed by atoms with Gasteiger partial charge in [0.15, 0.2) is 5.16 Å². The van der Waals surface area contributed by atoms with Crippen LogP contribution >= 0.6 is 11.8 Å². The van der Waals surface area contributed by atoms with Gasteiger partial charge in [-0.1, -0.05) is 18.7 Å². The first-order chi connectivity index (χ1) is 5.33. The normalized spacial score (nSPS) is 15.4. The minimum absolute atomic E-state index is 0.868. The van der Waals surface area contributed by atoms with Gasteiger partial charge in [-0.15, -0.1) is 0 Å². The maximum Gasteiger partial charge on any atom is 0.169 e. The molecule has 0 amide bonds. The molecule has 2 heterocycles. The number of nitrogens with two attached hydrogens (primary N) is 1. The van der Waals surface area contributed by atoms with E-state index in [1.54, 1.807) is 11.8 Å². The van der Waals surface area contributed by atoms with Gasteiger partial charge >= 0.3 is 0 Å². The number of hydrogen-bond donors (Lipinski definition) is 1. The van der Waals surface area contributed by atoms with Crippen LogP contribution in [0, 0.1) is 0 Å². The van der Waals surface area contributed by atoms with Gasteiger partial charge in [-0.3, -0.25) is 0 Å². The van der Waals surface area contributed by atoms with Gasteiger partial charge in [-0.2, -0.15) is 0 Å². The topological polar surface area (TPSA) is 43.8 Å². The quantitative estimate of drug-likeness (QED) is 0.685. The highest BCUT2D eigenvalue weighted by molar-refractivity contribution is 7.99. The van der Waals surface area contributed by atoms with Crippen LogP contribution < -0.4 is 5.73 Å². The number of hydrogen-bond acceptors (Lipinski definition) is 3. The summed E-state index contributed by atoms with van der Waals surface area (Å²) >= 11 is 1.79. The number of thioether (sulfide) groups is 1. The Morgan fingerprint density at radius 2 is 2.55 bits per heavy atom. The van der Waals surface area contributed by atoms with Crippen LogP contribution in [-0.4, -0.2) is 15.3 Å². The zero-order chi connectivity index (χ0) is 7.84. The number of aromatic nitrogens is 2. The summed E-state index contributed by atoms with van der Waals surface area (Å²) in [5, 5.41) is 1.10. The summed E-state index contributed by atoms with van der Waals surface area (Å²) in [4.78, 5) is 4.41. The molecule has 1 aliphatic rings. The SMILES string of the molecule is CCc1nc2n(c1N)CCS2. The molecule has 0 atom stereocenters. The standard InChI is InChI=1S/C7H11N3S/c1-2-5-6(8)10-3-4-11-7(10)9-5/h2-4,8H2,1H3. The van der Waals surface area contributed by atoms with Crippen LogP contribution in [0.25, 0.3) is 0 Å². The maximum atomic E-state index is 5.85. The van der Waals surface area contributed by atoms with E-state index in [0.717, 1.165) is 35.4 Å². The minimum atomic E-state index is 0.868. The second kappa shape index (κ2) is 2.44. The number of rotatable bonds is 1. The number of nitrogens with zero attached hydrogens (tertiary/aromatic N) is 2. The lowest BCUT2D eigenvalue weighted by Crippen LogP contribution is -2.01. The van der Waals surface area contributed by atoms with Crippen LogP contribution in [0.4, 0.5) is 5.82 Å². The molecule has 0 aromatic carbocycles. The van der Waals surface area contributed by atoms with Gasteiger partial charge in [0.25, 0.3) is 0 Å². The fourth-order valence-electron chi connectivity index (χ4n) is 1.31. The Bertz CT molecular complexity index is 279. The molecule has 60 valence electrons. The molecule has 0 aliphatic carbocycles. The Morgan fingerprint density at radius 1 is 1.73 bits per heavy atom. The largest absolute Gasteiger partial charge is 0.384 e. The fourth-order valence-corrected chi connectivity index (χ4v) is 2.28. The Kier molecular flexibility index (Phi) is 1.56. The Hall–Kier alpha value is -0.640. The molecule has 0 radical (unpaired) electrons. The third-order valence-corrected chi connectivity index (χ3v) is 2.89. The molecule has 0 saturated heterocycles. The van der Waals surface area contributed by atoms with Gasteiger partial charge in [0.05, 0.1) is 5.69 Å². The van der Waals surface area contributed by atoms with Crippen LogP contribution in [0.1, 0.15) is 12.6 Å². The molecule has 0 fully saturated rings. The highest BCUT2D eigenvalue weighted by atomic mass is 32.2. The number of anilines is 1. The summed E-state index contributed by atoms with van der Waals surface area (Å²) in [6, 6.07) is 0. The third kappa shape index (κ3) is 0.929. The van der Waals surface area contributed by atoms with Gasteiger partial charge in [0, 0.05) is 12.3 Å². The predicted octanol–water partition coefficient (Wildman–Crippen LogP) is 1.13. The number of fused-ring (bicyclic) bond motifs is 1. The zero-order valence-electron chi connectivity index (χ0n) is 6.50. The van der Waals surface area contributed by atoms with Crippen LogP contribution in [0.15, 0.2) is 5.16 Å². The van der Waals surface area contributed by atoms with E-state index in [4.69, 9.17) is 5.73 Å². The van der Waals surface area contributed by atoms with E-state index in [1.807, 2.05) is 0 Å². The molecule has 0 unspecified atom stereocenters. The molecule has 0 saturated carbocycles. The number of nitrogen functional groups attached to an aromatic ring is 1. The molecule has 0 bridgehead atoms. The Balaban J connectivity index is 2.49. The molecule has 1 aliphatic heterocycles. The first-order valence-corrected chi connectivity index (χ1v) is 4.79. The van der Waals surface area contributed by atoms with Crippen molar-refractivity contribution < 1.29 is 0 Å². The van der Waals surface area contributed by atoms with Crippen molar-refractivity contribution in [2.45, 2.75) is 25.0 Å². The van der Waals surface area contributed by atoms with Gasteiger partial charge in [-0.05, 0) is 6.42 Å². The average molecular weight is 169 g/mol. The predicted molar refractivity (Wildman–Crippen MR) is 46.7 cm³/mol. The van der Waals surface area contributed by atoms with Crippen molar-refractivity contribution in [1.82, 2.24) is 9.55 Å². The molecular weight excluding hydrogens is 158 g/mol. The van der Waals surface area contributed by atoms with Crippen molar-refractivity contribution in [3.05, 3.63) is 5.69 Å². The lowest BCUT2D eigenvalue weighted by atomic mass is 10.3. The Labute approximate surface area is 70.0 Å². The fraction of sp³-hybridized carbons (Fsp3) is 0.571. The molecule has 0 spiro atoms. The molecule has 2 N–H and O–H groups in total. The third-order valence-electron chi connectivity index (χ3n) is 1.93. The summed E-state index contributed by atoms with van der Waals surface area (Å²) in [5.41, 5.74) is 6.90. The highest BCUT2D eigenvalue weighted by Crippen LogP contribution is 2.29. The summed E-state index contributed by atoms with van der Waals surface area (Å²) in [6.45, 7) is 3.11. The van der Waals surface area contributed by atoms with Crippen molar-refractivity contribution in [1.29, 1.82) is 0 Å². The molecule has 4 heteroatoms. The summed E-state index contributed by atoms with van der Waals surface area (Å²) in [7, 11) is 0. The molecule has 1 aromatic heterocycles. The van der Waals surface area contributed by atoms with Gasteiger partial charge in [0.2, 0.25) is 0 Å². The van der Waals surface area contributed by atoms with Crippen LogP contribution in [0.3, 0.4) is 0 Å².